The summed E-state index contributed by atoms with van der Waals surface area (Å²) in [5.41, 5.74) is 1.19. The summed E-state index contributed by atoms with van der Waals surface area (Å²) in [6.07, 6.45) is 1.49. The van der Waals surface area contributed by atoms with Gasteiger partial charge in [0.25, 0.3) is 11.5 Å². The molecular weight excluding hydrogens is 356 g/mol. The fourth-order valence-corrected chi connectivity index (χ4v) is 3.36. The third-order valence-electron chi connectivity index (χ3n) is 5.06. The first-order valence-corrected chi connectivity index (χ1v) is 9.32. The van der Waals surface area contributed by atoms with Crippen LogP contribution in [0.1, 0.15) is 22.0 Å². The van der Waals surface area contributed by atoms with Gasteiger partial charge in [0.15, 0.2) is 0 Å². The van der Waals surface area contributed by atoms with E-state index in [2.05, 4.69) is 4.90 Å². The molecule has 1 aliphatic heterocycles. The van der Waals surface area contributed by atoms with E-state index in [1.54, 1.807) is 20.2 Å². The summed E-state index contributed by atoms with van der Waals surface area (Å²) in [6.45, 7) is 2.05. The van der Waals surface area contributed by atoms with E-state index < -0.39 is 0 Å². The molecule has 7 heteroatoms. The lowest BCUT2D eigenvalue weighted by molar-refractivity contribution is -0.129. The highest BCUT2D eigenvalue weighted by atomic mass is 16.2. The summed E-state index contributed by atoms with van der Waals surface area (Å²) >= 11 is 0. The van der Waals surface area contributed by atoms with Gasteiger partial charge in [-0.3, -0.25) is 14.4 Å². The van der Waals surface area contributed by atoms with E-state index in [9.17, 15) is 14.4 Å². The zero-order valence-electron chi connectivity index (χ0n) is 16.5. The van der Waals surface area contributed by atoms with Crippen LogP contribution in [0, 0.1) is 0 Å². The second-order valence-electron chi connectivity index (χ2n) is 7.36. The van der Waals surface area contributed by atoms with Crippen molar-refractivity contribution in [3.63, 3.8) is 0 Å². The molecule has 2 heterocycles. The first-order chi connectivity index (χ1) is 13.4. The van der Waals surface area contributed by atoms with Gasteiger partial charge in [-0.1, -0.05) is 30.3 Å². The van der Waals surface area contributed by atoms with Crippen molar-refractivity contribution in [2.75, 3.05) is 40.8 Å². The van der Waals surface area contributed by atoms with Crippen LogP contribution in [-0.2, 0) is 11.3 Å². The number of pyridine rings is 1. The molecule has 0 bridgehead atoms. The van der Waals surface area contributed by atoms with Crippen molar-refractivity contribution in [2.45, 2.75) is 12.6 Å². The molecule has 0 aliphatic carbocycles. The topological polar surface area (TPSA) is 65.9 Å². The monoisotopic (exact) mass is 382 g/mol. The number of nitrogens with zero attached hydrogens (tertiary/aromatic N) is 4. The largest absolute Gasteiger partial charge is 0.347 e. The van der Waals surface area contributed by atoms with Gasteiger partial charge in [0.1, 0.15) is 6.54 Å². The molecule has 1 aromatic heterocycles. The molecule has 0 N–H and O–H groups in total. The average Bonchev–Trinajstić information content (AvgIpc) is 2.69. The molecular formula is C21H26N4O3. The summed E-state index contributed by atoms with van der Waals surface area (Å²) in [6, 6.07) is 12.8. The number of hydrogen-bond acceptors (Lipinski definition) is 4. The molecule has 0 spiro atoms. The van der Waals surface area contributed by atoms with E-state index in [0.29, 0.717) is 12.1 Å². The number of likely N-dealkylation sites (N-methyl/N-ethyl adjacent to an activating group) is 2. The highest BCUT2D eigenvalue weighted by Gasteiger charge is 2.31. The van der Waals surface area contributed by atoms with E-state index in [1.165, 1.54) is 21.7 Å². The van der Waals surface area contributed by atoms with Crippen LogP contribution < -0.4 is 5.56 Å². The Kier molecular flexibility index (Phi) is 5.94. The lowest BCUT2D eigenvalue weighted by Crippen LogP contribution is -2.49. The molecule has 0 unspecified atom stereocenters. The summed E-state index contributed by atoms with van der Waals surface area (Å²) in [4.78, 5) is 42.9. The SMILES string of the molecule is CN1CCN(C(=O)c2ccc(=O)n(CC(=O)N(C)C)c2)[C@@H](c2ccccc2)C1. The van der Waals surface area contributed by atoms with E-state index in [1.807, 2.05) is 42.3 Å². The number of aromatic nitrogens is 1. The number of hydrogen-bond donors (Lipinski definition) is 0. The van der Waals surface area contributed by atoms with Crippen LogP contribution in [0.25, 0.3) is 0 Å². The van der Waals surface area contributed by atoms with Gasteiger partial charge < -0.3 is 19.3 Å². The lowest BCUT2D eigenvalue weighted by Gasteiger charge is -2.40. The molecule has 1 atom stereocenters. The Morgan fingerprint density at radius 3 is 2.46 bits per heavy atom. The third kappa shape index (κ3) is 4.31. The molecule has 3 rings (SSSR count). The molecule has 148 valence electrons. The van der Waals surface area contributed by atoms with Gasteiger partial charge >= 0.3 is 0 Å². The quantitative estimate of drug-likeness (QED) is 0.793. The van der Waals surface area contributed by atoms with E-state index in [0.717, 1.165) is 18.7 Å². The van der Waals surface area contributed by atoms with Crippen molar-refractivity contribution in [2.24, 2.45) is 0 Å². The summed E-state index contributed by atoms with van der Waals surface area (Å²) < 4.78 is 1.29. The molecule has 2 aromatic rings. The highest BCUT2D eigenvalue weighted by molar-refractivity contribution is 5.94. The maximum absolute atomic E-state index is 13.3. The number of piperazine rings is 1. The molecule has 0 radical (unpaired) electrons. The van der Waals surface area contributed by atoms with E-state index in [-0.39, 0.29) is 30.0 Å². The highest BCUT2D eigenvalue weighted by Crippen LogP contribution is 2.26. The first-order valence-electron chi connectivity index (χ1n) is 9.32. The molecule has 7 nitrogen and oxygen atoms in total. The van der Waals surface area contributed by atoms with E-state index in [4.69, 9.17) is 0 Å². The van der Waals surface area contributed by atoms with Gasteiger partial charge in [-0.25, -0.2) is 0 Å². The number of carbonyl (C=O) groups excluding carboxylic acids is 2. The molecule has 1 aromatic carbocycles. The van der Waals surface area contributed by atoms with Crippen LogP contribution in [0.2, 0.25) is 0 Å². The van der Waals surface area contributed by atoms with E-state index >= 15 is 0 Å². The number of amides is 2. The Morgan fingerprint density at radius 1 is 1.07 bits per heavy atom. The van der Waals surface area contributed by atoms with Crippen LogP contribution in [0.3, 0.4) is 0 Å². The molecule has 2 amide bonds. The van der Waals surface area contributed by atoms with Gasteiger partial charge in [0.2, 0.25) is 5.91 Å². The number of benzene rings is 1. The van der Waals surface area contributed by atoms with Gasteiger partial charge in [-0.15, -0.1) is 0 Å². The first kappa shape index (κ1) is 19.8. The Labute approximate surface area is 164 Å². The Hall–Kier alpha value is -2.93. The fourth-order valence-electron chi connectivity index (χ4n) is 3.36. The minimum Gasteiger partial charge on any atom is -0.347 e. The Bertz CT molecular complexity index is 907. The molecule has 28 heavy (non-hydrogen) atoms. The fraction of sp³-hybridized carbons (Fsp3) is 0.381. The van der Waals surface area contributed by atoms with Crippen molar-refractivity contribution in [1.82, 2.24) is 19.3 Å². The number of carbonyl (C=O) groups is 2. The summed E-state index contributed by atoms with van der Waals surface area (Å²) in [7, 11) is 5.32. The van der Waals surface area contributed by atoms with Gasteiger partial charge in [-0.05, 0) is 18.7 Å². The van der Waals surface area contributed by atoms with Gasteiger partial charge in [-0.2, -0.15) is 0 Å². The van der Waals surface area contributed by atoms with Crippen LogP contribution in [-0.4, -0.2) is 71.9 Å². The maximum Gasteiger partial charge on any atom is 0.255 e. The lowest BCUT2D eigenvalue weighted by atomic mass is 10.0. The molecule has 1 aliphatic rings. The molecule has 0 saturated carbocycles. The predicted octanol–water partition coefficient (Wildman–Crippen LogP) is 1.07. The van der Waals surface area contributed by atoms with Gasteiger partial charge in [0, 0.05) is 46.0 Å². The zero-order chi connectivity index (χ0) is 20.3. The van der Waals surface area contributed by atoms with Crippen LogP contribution >= 0.6 is 0 Å². The second-order valence-corrected chi connectivity index (χ2v) is 7.36. The van der Waals surface area contributed by atoms with Crippen molar-refractivity contribution in [3.05, 3.63) is 70.1 Å². The zero-order valence-corrected chi connectivity index (χ0v) is 16.5. The van der Waals surface area contributed by atoms with Crippen molar-refractivity contribution < 1.29 is 9.59 Å². The van der Waals surface area contributed by atoms with Crippen molar-refractivity contribution in [1.29, 1.82) is 0 Å². The third-order valence-corrected chi connectivity index (χ3v) is 5.06. The minimum absolute atomic E-state index is 0.0590. The van der Waals surface area contributed by atoms with Crippen molar-refractivity contribution in [3.8, 4) is 0 Å². The summed E-state index contributed by atoms with van der Waals surface area (Å²) in [5.74, 6) is -0.332. The normalized spacial score (nSPS) is 17.4. The smallest absolute Gasteiger partial charge is 0.255 e. The van der Waals surface area contributed by atoms with Crippen LogP contribution in [0.15, 0.2) is 53.5 Å². The molecule has 1 saturated heterocycles. The van der Waals surface area contributed by atoms with Crippen LogP contribution in [0.4, 0.5) is 0 Å². The standard InChI is InChI=1S/C21H26N4O3/c1-22(2)20(27)15-24-13-17(9-10-19(24)26)21(28)25-12-11-23(3)14-18(25)16-7-5-4-6-8-16/h4-10,13,18H,11-12,14-15H2,1-3H3/t18-/m1/s1. The number of rotatable bonds is 4. The van der Waals surface area contributed by atoms with Gasteiger partial charge in [0.05, 0.1) is 11.6 Å². The Balaban J connectivity index is 1.89. The van der Waals surface area contributed by atoms with Crippen molar-refractivity contribution >= 4 is 11.8 Å². The minimum atomic E-state index is -0.301. The second kappa shape index (κ2) is 8.39. The predicted molar refractivity (Wildman–Crippen MR) is 107 cm³/mol. The Morgan fingerprint density at radius 2 is 1.79 bits per heavy atom. The average molecular weight is 382 g/mol. The maximum atomic E-state index is 13.3. The van der Waals surface area contributed by atoms with Crippen LogP contribution in [0.5, 0.6) is 0 Å². The molecule has 1 fully saturated rings. The summed E-state index contributed by atoms with van der Waals surface area (Å²) in [5, 5.41) is 0.